The van der Waals surface area contributed by atoms with E-state index in [0.717, 1.165) is 0 Å². The second-order valence-corrected chi connectivity index (χ2v) is 7.31. The molecule has 2 aliphatic heterocycles. The van der Waals surface area contributed by atoms with Crippen LogP contribution in [-0.2, 0) is 4.79 Å². The van der Waals surface area contributed by atoms with Crippen molar-refractivity contribution in [3.63, 3.8) is 0 Å². The molecule has 9 heteroatoms. The van der Waals surface area contributed by atoms with Crippen LogP contribution in [0.4, 0.5) is 10.5 Å². The zero-order chi connectivity index (χ0) is 19.6. The van der Waals surface area contributed by atoms with E-state index in [1.54, 1.807) is 28.0 Å². The minimum absolute atomic E-state index is 0.0534. The molecular weight excluding hydrogens is 372 g/mol. The number of nitrogens with zero attached hydrogens (tertiary/aromatic N) is 3. The Hall–Kier alpha value is -2.48. The van der Waals surface area contributed by atoms with E-state index in [-0.39, 0.29) is 17.7 Å². The molecule has 3 amide bonds. The summed E-state index contributed by atoms with van der Waals surface area (Å²) >= 11 is 6.12. The highest BCUT2D eigenvalue weighted by atomic mass is 35.5. The Morgan fingerprint density at radius 2 is 1.56 bits per heavy atom. The number of amides is 3. The molecule has 2 saturated heterocycles. The van der Waals surface area contributed by atoms with E-state index in [4.69, 9.17) is 22.4 Å². The minimum Gasteiger partial charge on any atom is -0.465 e. The van der Waals surface area contributed by atoms with Crippen molar-refractivity contribution in [3.8, 4) is 0 Å². The predicted octanol–water partition coefficient (Wildman–Crippen LogP) is 1.60. The average Bonchev–Trinajstić information content (AvgIpc) is 2.67. The second kappa shape index (κ2) is 8.04. The van der Waals surface area contributed by atoms with Gasteiger partial charge in [0.2, 0.25) is 5.91 Å². The summed E-state index contributed by atoms with van der Waals surface area (Å²) in [5.74, 6) is -0.256. The van der Waals surface area contributed by atoms with Crippen LogP contribution >= 0.6 is 11.6 Å². The summed E-state index contributed by atoms with van der Waals surface area (Å²) in [6.45, 7) is 2.60. The van der Waals surface area contributed by atoms with Crippen molar-refractivity contribution in [2.45, 2.75) is 12.8 Å². The lowest BCUT2D eigenvalue weighted by Gasteiger charge is -2.38. The Morgan fingerprint density at radius 1 is 0.963 bits per heavy atom. The molecule has 3 N–H and O–H groups in total. The second-order valence-electron chi connectivity index (χ2n) is 6.90. The maximum atomic E-state index is 12.7. The maximum absolute atomic E-state index is 12.7. The molecule has 146 valence electrons. The van der Waals surface area contributed by atoms with E-state index < -0.39 is 6.09 Å². The van der Waals surface area contributed by atoms with E-state index in [1.807, 2.05) is 0 Å². The molecule has 1 aromatic rings. The first-order chi connectivity index (χ1) is 12.9. The summed E-state index contributed by atoms with van der Waals surface area (Å²) in [6.07, 6.45) is 0.158. The molecule has 0 unspecified atom stereocenters. The van der Waals surface area contributed by atoms with Crippen molar-refractivity contribution < 1.29 is 19.5 Å². The van der Waals surface area contributed by atoms with E-state index >= 15 is 0 Å². The number of carbonyl (C=O) groups excluding carboxylic acids is 2. The Bertz CT molecular complexity index is 741. The lowest BCUT2D eigenvalue weighted by molar-refractivity contribution is -0.138. The maximum Gasteiger partial charge on any atom is 0.407 e. The van der Waals surface area contributed by atoms with Gasteiger partial charge in [-0.1, -0.05) is 11.6 Å². The molecular formula is C18H23ClN4O4. The molecule has 2 aliphatic rings. The number of hydrogen-bond acceptors (Lipinski definition) is 4. The number of benzene rings is 1. The van der Waals surface area contributed by atoms with Crippen LogP contribution in [0, 0.1) is 5.92 Å². The van der Waals surface area contributed by atoms with Gasteiger partial charge >= 0.3 is 6.09 Å². The molecule has 2 heterocycles. The molecule has 0 saturated carbocycles. The lowest BCUT2D eigenvalue weighted by atomic mass is 9.95. The monoisotopic (exact) mass is 394 g/mol. The summed E-state index contributed by atoms with van der Waals surface area (Å²) < 4.78 is 0. The van der Waals surface area contributed by atoms with Crippen molar-refractivity contribution in [3.05, 3.63) is 28.8 Å². The zero-order valence-electron chi connectivity index (χ0n) is 14.9. The molecule has 0 radical (unpaired) electrons. The average molecular weight is 395 g/mol. The van der Waals surface area contributed by atoms with Gasteiger partial charge in [0.05, 0.1) is 10.6 Å². The van der Waals surface area contributed by atoms with Gasteiger partial charge in [-0.05, 0) is 31.0 Å². The van der Waals surface area contributed by atoms with Crippen LogP contribution < -0.4 is 5.73 Å². The molecule has 0 spiro atoms. The number of carboxylic acid groups (broad SMARTS) is 1. The van der Waals surface area contributed by atoms with Gasteiger partial charge in [0, 0.05) is 50.9 Å². The van der Waals surface area contributed by atoms with Gasteiger partial charge in [-0.25, -0.2) is 4.79 Å². The normalized spacial score (nSPS) is 18.5. The highest BCUT2D eigenvalue weighted by Gasteiger charge is 2.32. The first-order valence-electron chi connectivity index (χ1n) is 8.98. The van der Waals surface area contributed by atoms with E-state index in [2.05, 4.69) is 0 Å². The third-order valence-corrected chi connectivity index (χ3v) is 5.53. The van der Waals surface area contributed by atoms with Gasteiger partial charge in [0.15, 0.2) is 0 Å². The smallest absolute Gasteiger partial charge is 0.407 e. The van der Waals surface area contributed by atoms with Crippen molar-refractivity contribution in [1.29, 1.82) is 0 Å². The van der Waals surface area contributed by atoms with Gasteiger partial charge in [-0.15, -0.1) is 0 Å². The number of piperazine rings is 1. The number of rotatable bonds is 2. The van der Waals surface area contributed by atoms with Gasteiger partial charge in [0.25, 0.3) is 5.91 Å². The SMILES string of the molecule is Nc1ccc(C(=O)N2CCN(C(=O)C3CCN(C(=O)O)CC3)CC2)c(Cl)c1. The quantitative estimate of drug-likeness (QED) is 0.741. The standard InChI is InChI=1S/C18H23ClN4O4/c19-15-11-13(20)1-2-14(15)17(25)22-9-7-21(8-10-22)16(24)12-3-5-23(6-4-12)18(26)27/h1-2,11-12H,3-10,20H2,(H,26,27). The summed E-state index contributed by atoms with van der Waals surface area (Å²) in [4.78, 5) is 41.1. The number of anilines is 1. The van der Waals surface area contributed by atoms with E-state index in [1.165, 1.54) is 4.90 Å². The first-order valence-corrected chi connectivity index (χ1v) is 9.35. The molecule has 1 aromatic carbocycles. The summed E-state index contributed by atoms with van der Waals surface area (Å²) in [7, 11) is 0. The van der Waals surface area contributed by atoms with Crippen LogP contribution in [0.1, 0.15) is 23.2 Å². The Kier molecular flexibility index (Phi) is 5.74. The Balaban J connectivity index is 1.53. The number of nitrogens with two attached hydrogens (primary N) is 1. The molecule has 0 aliphatic carbocycles. The molecule has 2 fully saturated rings. The highest BCUT2D eigenvalue weighted by Crippen LogP contribution is 2.23. The topological polar surface area (TPSA) is 107 Å². The Labute approximate surface area is 162 Å². The van der Waals surface area contributed by atoms with Gasteiger partial charge in [-0.2, -0.15) is 0 Å². The fraction of sp³-hybridized carbons (Fsp3) is 0.500. The van der Waals surface area contributed by atoms with Crippen molar-refractivity contribution in [1.82, 2.24) is 14.7 Å². The highest BCUT2D eigenvalue weighted by molar-refractivity contribution is 6.34. The number of nitrogen functional groups attached to an aromatic ring is 1. The van der Waals surface area contributed by atoms with Gasteiger partial charge in [0.1, 0.15) is 0 Å². The molecule has 0 aromatic heterocycles. The fourth-order valence-electron chi connectivity index (χ4n) is 3.58. The molecule has 8 nitrogen and oxygen atoms in total. The number of carbonyl (C=O) groups is 3. The largest absolute Gasteiger partial charge is 0.465 e. The van der Waals surface area contributed by atoms with Gasteiger partial charge < -0.3 is 25.5 Å². The van der Waals surface area contributed by atoms with Crippen LogP contribution in [-0.4, -0.2) is 77.0 Å². The molecule has 0 bridgehead atoms. The predicted molar refractivity (Wildman–Crippen MR) is 101 cm³/mol. The van der Waals surface area contributed by atoms with E-state index in [9.17, 15) is 14.4 Å². The summed E-state index contributed by atoms with van der Waals surface area (Å²) in [5.41, 5.74) is 6.57. The van der Waals surface area contributed by atoms with Crippen LogP contribution in [0.25, 0.3) is 0 Å². The fourth-order valence-corrected chi connectivity index (χ4v) is 3.85. The van der Waals surface area contributed by atoms with Crippen molar-refractivity contribution >= 4 is 35.2 Å². The number of piperidine rings is 1. The molecule has 27 heavy (non-hydrogen) atoms. The third-order valence-electron chi connectivity index (χ3n) is 5.22. The zero-order valence-corrected chi connectivity index (χ0v) is 15.7. The number of hydrogen-bond donors (Lipinski definition) is 2. The van der Waals surface area contributed by atoms with Gasteiger partial charge in [-0.3, -0.25) is 9.59 Å². The van der Waals surface area contributed by atoms with Crippen LogP contribution in [0.2, 0.25) is 5.02 Å². The molecule has 0 atom stereocenters. The van der Waals surface area contributed by atoms with Crippen molar-refractivity contribution in [2.75, 3.05) is 45.0 Å². The summed E-state index contributed by atoms with van der Waals surface area (Å²) in [5, 5.41) is 9.32. The third kappa shape index (κ3) is 4.27. The number of halogens is 1. The van der Waals surface area contributed by atoms with Crippen LogP contribution in [0.15, 0.2) is 18.2 Å². The lowest BCUT2D eigenvalue weighted by Crippen LogP contribution is -2.53. The summed E-state index contributed by atoms with van der Waals surface area (Å²) in [6, 6.07) is 4.81. The minimum atomic E-state index is -0.936. The van der Waals surface area contributed by atoms with Crippen LogP contribution in [0.3, 0.4) is 0 Å². The van der Waals surface area contributed by atoms with E-state index in [0.29, 0.717) is 68.4 Å². The molecule has 3 rings (SSSR count). The number of likely N-dealkylation sites (tertiary alicyclic amines) is 1. The van der Waals surface area contributed by atoms with Crippen molar-refractivity contribution in [2.24, 2.45) is 5.92 Å². The van der Waals surface area contributed by atoms with Crippen LogP contribution in [0.5, 0.6) is 0 Å². The Morgan fingerprint density at radius 3 is 2.11 bits per heavy atom. The first kappa shape index (κ1) is 19.3.